The summed E-state index contributed by atoms with van der Waals surface area (Å²) >= 11 is 4.09. The molecule has 18 nitrogen and oxygen atoms in total. The number of thiol groups is 1. The van der Waals surface area contributed by atoms with Crippen LogP contribution in [0.1, 0.15) is 44.4 Å². The number of likely N-dealkylation sites (N-methyl/N-ethyl adjacent to an activating group) is 1. The number of nitrogens with one attached hydrogen (secondary N) is 4. The van der Waals surface area contributed by atoms with Crippen molar-refractivity contribution in [3.8, 4) is 0 Å². The predicted molar refractivity (Wildman–Crippen MR) is 214 cm³/mol. The van der Waals surface area contributed by atoms with Crippen molar-refractivity contribution in [2.75, 3.05) is 89.7 Å². The minimum absolute atomic E-state index is 0.152. The molecule has 0 saturated carbocycles. The number of H-pyrrole nitrogens is 1. The lowest BCUT2D eigenvalue weighted by atomic mass is 10.1. The first-order chi connectivity index (χ1) is 26.5. The summed E-state index contributed by atoms with van der Waals surface area (Å²) in [5.41, 5.74) is 20.0. The van der Waals surface area contributed by atoms with E-state index in [-0.39, 0.29) is 77.9 Å². The van der Waals surface area contributed by atoms with Crippen molar-refractivity contribution >= 4 is 53.8 Å². The van der Waals surface area contributed by atoms with Gasteiger partial charge in [-0.3, -0.25) is 28.8 Å². The Balaban J connectivity index is 2.12. The largest absolute Gasteiger partial charge is 0.372 e. The van der Waals surface area contributed by atoms with Crippen LogP contribution in [0, 0.1) is 0 Å². The number of hydrogen-bond donors (Lipinski definition) is 8. The van der Waals surface area contributed by atoms with E-state index in [9.17, 15) is 28.8 Å². The minimum atomic E-state index is -0.916. The second-order valence-electron chi connectivity index (χ2n) is 12.8. The van der Waals surface area contributed by atoms with E-state index in [2.05, 4.69) is 38.5 Å². The maximum absolute atomic E-state index is 13.6. The van der Waals surface area contributed by atoms with Gasteiger partial charge in [0.1, 0.15) is 0 Å². The number of aromatic nitrogens is 2. The maximum atomic E-state index is 13.6. The molecule has 2 rings (SSSR count). The van der Waals surface area contributed by atoms with Gasteiger partial charge >= 0.3 is 0 Å². The molecule has 0 aliphatic rings. The van der Waals surface area contributed by atoms with Gasteiger partial charge in [-0.2, -0.15) is 12.6 Å². The lowest BCUT2D eigenvalue weighted by Gasteiger charge is -2.29. The third kappa shape index (κ3) is 17.1. The van der Waals surface area contributed by atoms with Crippen LogP contribution in [0.25, 0.3) is 0 Å². The molecule has 2 aromatic rings. The van der Waals surface area contributed by atoms with Crippen LogP contribution >= 0.6 is 12.6 Å². The Bertz CT molecular complexity index is 1500. The summed E-state index contributed by atoms with van der Waals surface area (Å²) in [6.45, 7) is 3.73. The molecule has 1 heterocycles. The Morgan fingerprint density at radius 2 is 1.49 bits per heavy atom. The van der Waals surface area contributed by atoms with Crippen LogP contribution < -0.4 is 33.2 Å². The average molecular weight is 789 g/mol. The highest BCUT2D eigenvalue weighted by Crippen LogP contribution is 2.16. The van der Waals surface area contributed by atoms with Gasteiger partial charge in [0.15, 0.2) is 0 Å². The van der Waals surface area contributed by atoms with E-state index in [1.807, 2.05) is 31.2 Å². The van der Waals surface area contributed by atoms with Gasteiger partial charge < -0.3 is 57.7 Å². The van der Waals surface area contributed by atoms with Gasteiger partial charge in [0.05, 0.1) is 57.5 Å². The third-order valence-electron chi connectivity index (χ3n) is 8.55. The first-order valence-corrected chi connectivity index (χ1v) is 19.3. The third-order valence-corrected chi connectivity index (χ3v) is 8.78. The predicted octanol–water partition coefficient (Wildman–Crippen LogP) is -1.50. The zero-order valence-electron chi connectivity index (χ0n) is 32.1. The molecule has 0 radical (unpaired) electrons. The average Bonchev–Trinajstić information content (AvgIpc) is 3.69. The second kappa shape index (κ2) is 26.1. The van der Waals surface area contributed by atoms with Gasteiger partial charge in [0.25, 0.3) is 0 Å². The fraction of sp³-hybridized carbons (Fsp3) is 0.583. The number of para-hydroxylation sites is 1. The Kier molecular flexibility index (Phi) is 22.1. The topological polar surface area (TPSA) is 258 Å². The van der Waals surface area contributed by atoms with Crippen LogP contribution in [0.15, 0.2) is 36.8 Å². The number of carbonyl (C=O) groups excluding carboxylic acids is 6. The molecule has 0 spiro atoms. The zero-order chi connectivity index (χ0) is 40.6. The normalized spacial score (nSPS) is 11.3. The van der Waals surface area contributed by atoms with Crippen molar-refractivity contribution in [1.29, 1.82) is 0 Å². The Morgan fingerprint density at radius 3 is 2.15 bits per heavy atom. The highest BCUT2D eigenvalue weighted by atomic mass is 32.1. The lowest BCUT2D eigenvalue weighted by Crippen LogP contribution is -2.52. The van der Waals surface area contributed by atoms with Gasteiger partial charge in [-0.1, -0.05) is 25.1 Å². The number of nitrogens with two attached hydrogens (primary N) is 3. The summed E-state index contributed by atoms with van der Waals surface area (Å²) in [6, 6.07) is 6.72. The zero-order valence-corrected chi connectivity index (χ0v) is 33.0. The fourth-order valence-corrected chi connectivity index (χ4v) is 5.79. The van der Waals surface area contributed by atoms with Crippen molar-refractivity contribution in [1.82, 2.24) is 40.2 Å². The summed E-state index contributed by atoms with van der Waals surface area (Å²) in [4.78, 5) is 91.6. The van der Waals surface area contributed by atoms with E-state index < -0.39 is 42.1 Å². The van der Waals surface area contributed by atoms with E-state index in [4.69, 9.17) is 17.2 Å². The SMILES string of the molecule is CCCN(CC(=O)N(CCCN)CC(=O)NCC(=O)N(CCCc1ccccc1NCN)CC(=O)N(CC)CC(=O)NCCS)C(=O)C(N)Cc1c[nH]cn1. The van der Waals surface area contributed by atoms with Gasteiger partial charge in [0, 0.05) is 56.8 Å². The van der Waals surface area contributed by atoms with Crippen molar-refractivity contribution in [2.45, 2.75) is 52.0 Å². The highest BCUT2D eigenvalue weighted by molar-refractivity contribution is 7.80. The van der Waals surface area contributed by atoms with E-state index in [0.717, 1.165) is 11.3 Å². The molecular formula is C36H60N12O6S. The highest BCUT2D eigenvalue weighted by Gasteiger charge is 2.27. The van der Waals surface area contributed by atoms with Gasteiger partial charge in [-0.25, -0.2) is 4.98 Å². The Labute approximate surface area is 329 Å². The Morgan fingerprint density at radius 1 is 0.836 bits per heavy atom. The molecule has 6 amide bonds. The van der Waals surface area contributed by atoms with Crippen molar-refractivity contribution in [3.63, 3.8) is 0 Å². The van der Waals surface area contributed by atoms with E-state index in [0.29, 0.717) is 43.7 Å². The quantitative estimate of drug-likeness (QED) is 0.0382. The van der Waals surface area contributed by atoms with E-state index in [1.54, 1.807) is 13.1 Å². The fourth-order valence-electron chi connectivity index (χ4n) is 5.68. The standard InChI is InChI=1S/C36H60N12O6S/c1-3-14-48(36(54)29(39)18-28-19-40-26-44-28)24-35(53)46(16-8-12-37)22-32(50)42-20-33(51)47(15-7-10-27-9-5-6-11-30(27)43-25-38)23-34(52)45(4-2)21-31(49)41-13-17-55/h5-6,9,11,19,26,29,43,55H,3-4,7-8,10,12-18,20-25,37-39H2,1-2H3,(H,40,44)(H,41,49)(H,42,50). The Hall–Kier alpha value is -4.72. The summed E-state index contributed by atoms with van der Waals surface area (Å²) in [5.74, 6) is -2.34. The molecular weight excluding hydrogens is 729 g/mol. The number of imidazole rings is 1. The summed E-state index contributed by atoms with van der Waals surface area (Å²) < 4.78 is 0. The number of nitrogens with zero attached hydrogens (tertiary/aromatic N) is 5. The van der Waals surface area contributed by atoms with Gasteiger partial charge in [-0.15, -0.1) is 0 Å². The van der Waals surface area contributed by atoms with Crippen LogP contribution in [-0.2, 0) is 41.6 Å². The number of aromatic amines is 1. The van der Waals surface area contributed by atoms with Gasteiger partial charge in [0.2, 0.25) is 35.4 Å². The molecule has 306 valence electrons. The molecule has 1 atom stereocenters. The molecule has 0 aliphatic heterocycles. The number of aryl methyl sites for hydroxylation is 1. The van der Waals surface area contributed by atoms with Crippen LogP contribution in [-0.4, -0.2) is 155 Å². The summed E-state index contributed by atoms with van der Waals surface area (Å²) in [5, 5.41) is 8.38. The smallest absolute Gasteiger partial charge is 0.242 e. The van der Waals surface area contributed by atoms with Crippen LogP contribution in [0.2, 0.25) is 0 Å². The van der Waals surface area contributed by atoms with Crippen LogP contribution in [0.5, 0.6) is 0 Å². The van der Waals surface area contributed by atoms with Crippen LogP contribution in [0.3, 0.4) is 0 Å². The summed E-state index contributed by atoms with van der Waals surface area (Å²) in [6.07, 6.45) is 5.36. The number of rotatable bonds is 27. The molecule has 0 aliphatic carbocycles. The number of hydrogen-bond acceptors (Lipinski definition) is 12. The molecule has 0 bridgehead atoms. The van der Waals surface area contributed by atoms with E-state index in [1.165, 1.54) is 25.9 Å². The maximum Gasteiger partial charge on any atom is 0.242 e. The van der Waals surface area contributed by atoms with Crippen molar-refractivity contribution < 1.29 is 28.8 Å². The molecule has 19 heteroatoms. The molecule has 55 heavy (non-hydrogen) atoms. The molecule has 1 aromatic heterocycles. The number of amides is 6. The minimum Gasteiger partial charge on any atom is -0.372 e. The van der Waals surface area contributed by atoms with Crippen molar-refractivity contribution in [3.05, 3.63) is 48.0 Å². The monoisotopic (exact) mass is 788 g/mol. The number of benzene rings is 1. The molecule has 1 aromatic carbocycles. The molecule has 10 N–H and O–H groups in total. The number of anilines is 1. The first kappa shape index (κ1) is 46.4. The molecule has 0 saturated heterocycles. The van der Waals surface area contributed by atoms with E-state index >= 15 is 0 Å². The van der Waals surface area contributed by atoms with Crippen LogP contribution in [0.4, 0.5) is 5.69 Å². The number of carbonyl (C=O) groups is 6. The first-order valence-electron chi connectivity index (χ1n) is 18.7. The van der Waals surface area contributed by atoms with Crippen molar-refractivity contribution in [2.24, 2.45) is 17.2 Å². The molecule has 1 unspecified atom stereocenters. The second-order valence-corrected chi connectivity index (χ2v) is 13.3. The molecule has 0 fully saturated rings. The lowest BCUT2D eigenvalue weighted by molar-refractivity contribution is -0.143. The summed E-state index contributed by atoms with van der Waals surface area (Å²) in [7, 11) is 0. The van der Waals surface area contributed by atoms with Gasteiger partial charge in [-0.05, 0) is 50.8 Å².